The molecule has 12 nitrogen and oxygen atoms in total. The molecule has 2 aliphatic carbocycles. The zero-order valence-corrected chi connectivity index (χ0v) is 48.2. The summed E-state index contributed by atoms with van der Waals surface area (Å²) in [5, 5.41) is 32.7. The molecule has 0 saturated heterocycles. The predicted molar refractivity (Wildman–Crippen MR) is 332 cm³/mol. The number of nitrogens with one attached hydrogen (secondary N) is 1. The Morgan fingerprint density at radius 3 is 1.46 bits per heavy atom. The van der Waals surface area contributed by atoms with Crippen LogP contribution in [0.3, 0.4) is 0 Å². The van der Waals surface area contributed by atoms with Gasteiger partial charge in [0.2, 0.25) is 11.6 Å². The summed E-state index contributed by atoms with van der Waals surface area (Å²) in [6.45, 7) is 5.28. The van der Waals surface area contributed by atoms with Gasteiger partial charge in [-0.3, -0.25) is 14.4 Å². The number of carboxylic acid groups (broad SMARTS) is 1. The number of nitrogens with zero attached hydrogens (tertiary/aromatic N) is 3. The molecular formula is C68H68N4O8S2. The maximum absolute atomic E-state index is 14.2. The minimum absolute atomic E-state index is 0.00498. The number of thiophene rings is 2. The Hall–Kier alpha value is -7.62. The van der Waals surface area contributed by atoms with E-state index >= 15 is 0 Å². The van der Waals surface area contributed by atoms with E-state index in [4.69, 9.17) is 24.2 Å². The number of carbonyl (C=O) groups is 4. The summed E-state index contributed by atoms with van der Waals surface area (Å²) < 4.78 is 17.4. The molecule has 2 saturated carbocycles. The lowest BCUT2D eigenvalue weighted by molar-refractivity contribution is -0.141. The van der Waals surface area contributed by atoms with Crippen molar-refractivity contribution in [3.05, 3.63) is 164 Å². The molecule has 10 aromatic rings. The van der Waals surface area contributed by atoms with Crippen LogP contribution >= 0.6 is 22.7 Å². The van der Waals surface area contributed by atoms with E-state index in [0.717, 1.165) is 108 Å². The molecule has 2 aliphatic rings. The number of ether oxygens (including phenoxy) is 2. The number of ketones is 2. The number of aliphatic carboxylic acids is 1. The Kier molecular flexibility index (Phi) is 17.6. The predicted octanol–water partition coefficient (Wildman–Crippen LogP) is 16.2. The number of rotatable bonds is 22. The second kappa shape index (κ2) is 25.7. The second-order valence-corrected chi connectivity index (χ2v) is 23.7. The molecule has 0 unspecified atom stereocenters. The Labute approximate surface area is 484 Å². The van der Waals surface area contributed by atoms with Gasteiger partial charge in [0, 0.05) is 92.7 Å². The molecular weight excluding hydrogens is 1060 g/mol. The fraction of sp³-hybridized carbons (Fsp3) is 0.324. The van der Waals surface area contributed by atoms with Crippen LogP contribution in [0, 0.1) is 17.2 Å². The van der Waals surface area contributed by atoms with Crippen molar-refractivity contribution in [2.24, 2.45) is 17.0 Å². The van der Waals surface area contributed by atoms with E-state index in [1.807, 2.05) is 65.4 Å². The Bertz CT molecular complexity index is 4020. The molecule has 6 aromatic carbocycles. The minimum atomic E-state index is -0.833. The molecule has 4 aromatic heterocycles. The highest BCUT2D eigenvalue weighted by atomic mass is 32.1. The first kappa shape index (κ1) is 56.3. The van der Waals surface area contributed by atoms with E-state index in [1.165, 1.54) is 81.0 Å². The van der Waals surface area contributed by atoms with Gasteiger partial charge in [0.15, 0.2) is 0 Å². The van der Waals surface area contributed by atoms with Crippen LogP contribution in [0.15, 0.2) is 137 Å². The molecule has 12 rings (SSSR count). The SMILES string of the molecule is CC(=O)O.CC(=O)O/N=C(\CCC1CCCC1)c1ccc2c(c1)c1cc(C(=O)c3cccs3)c3ccccc3c1n2CCOCCOCCn1c2ccc(C(=N)CCC3CCCC3)cc2c2cc(C(=O)c3cccs3)c3ccccc3c21. The average Bonchev–Trinajstić information content (AvgIpc) is 2.88. The van der Waals surface area contributed by atoms with E-state index in [2.05, 4.69) is 81.0 Å². The lowest BCUT2D eigenvalue weighted by Gasteiger charge is -2.13. The number of carboxylic acids is 1. The molecule has 0 radical (unpaired) electrons. The van der Waals surface area contributed by atoms with E-state index < -0.39 is 11.9 Å². The summed E-state index contributed by atoms with van der Waals surface area (Å²) in [5.41, 5.74) is 8.74. The van der Waals surface area contributed by atoms with Gasteiger partial charge in [-0.15, -0.1) is 22.7 Å². The number of hydrogen-bond donors (Lipinski definition) is 2. The van der Waals surface area contributed by atoms with Crippen LogP contribution < -0.4 is 0 Å². The number of carbonyl (C=O) groups excluding carboxylic acids is 3. The fourth-order valence-electron chi connectivity index (χ4n) is 12.6. The molecule has 420 valence electrons. The van der Waals surface area contributed by atoms with Crippen molar-refractivity contribution in [1.29, 1.82) is 5.41 Å². The normalized spacial score (nSPS) is 14.2. The van der Waals surface area contributed by atoms with Crippen LogP contribution in [-0.2, 0) is 37.0 Å². The van der Waals surface area contributed by atoms with Crippen molar-refractivity contribution >= 4 is 123 Å². The molecule has 2 fully saturated rings. The zero-order valence-electron chi connectivity index (χ0n) is 46.5. The van der Waals surface area contributed by atoms with Crippen molar-refractivity contribution in [3.63, 3.8) is 0 Å². The lowest BCUT2D eigenvalue weighted by atomic mass is 9.95. The second-order valence-electron chi connectivity index (χ2n) is 21.8. The van der Waals surface area contributed by atoms with E-state index in [9.17, 15) is 19.8 Å². The largest absolute Gasteiger partial charge is 0.481 e. The molecule has 0 bridgehead atoms. The van der Waals surface area contributed by atoms with Gasteiger partial charge in [-0.05, 0) is 113 Å². The summed E-state index contributed by atoms with van der Waals surface area (Å²) >= 11 is 2.91. The maximum Gasteiger partial charge on any atom is 0.331 e. The first-order chi connectivity index (χ1) is 40.0. The molecule has 0 atom stereocenters. The molecule has 2 N–H and O–H groups in total. The van der Waals surface area contributed by atoms with Gasteiger partial charge in [-0.25, -0.2) is 4.79 Å². The number of benzene rings is 6. The number of fused-ring (bicyclic) bond motifs is 10. The van der Waals surface area contributed by atoms with Crippen LogP contribution in [-0.4, -0.2) is 75.6 Å². The molecule has 4 heterocycles. The molecule has 0 spiro atoms. The molecule has 0 aliphatic heterocycles. The van der Waals surface area contributed by atoms with Crippen LogP contribution in [0.5, 0.6) is 0 Å². The Balaban J connectivity index is 0.00000171. The highest BCUT2D eigenvalue weighted by Crippen LogP contribution is 2.41. The van der Waals surface area contributed by atoms with Crippen LogP contribution in [0.25, 0.3) is 65.2 Å². The minimum Gasteiger partial charge on any atom is -0.481 e. The molecule has 14 heteroatoms. The first-order valence-corrected chi connectivity index (χ1v) is 30.6. The monoisotopic (exact) mass is 1130 g/mol. The molecule has 0 amide bonds. The first-order valence-electron chi connectivity index (χ1n) is 28.8. The maximum atomic E-state index is 14.2. The van der Waals surface area contributed by atoms with Gasteiger partial charge in [0.1, 0.15) is 0 Å². The number of hydrogen-bond acceptors (Lipinski definition) is 11. The third-order valence-corrected chi connectivity index (χ3v) is 18.2. The van der Waals surface area contributed by atoms with Gasteiger partial charge < -0.3 is 34.0 Å². The lowest BCUT2D eigenvalue weighted by Crippen LogP contribution is -2.13. The van der Waals surface area contributed by atoms with Crippen LogP contribution in [0.2, 0.25) is 0 Å². The smallest absolute Gasteiger partial charge is 0.331 e. The summed E-state index contributed by atoms with van der Waals surface area (Å²) in [6.07, 6.45) is 13.6. The zero-order chi connectivity index (χ0) is 56.7. The highest BCUT2D eigenvalue weighted by molar-refractivity contribution is 7.12. The van der Waals surface area contributed by atoms with Crippen molar-refractivity contribution in [2.45, 2.75) is 104 Å². The van der Waals surface area contributed by atoms with E-state index in [1.54, 1.807) is 0 Å². The fourth-order valence-corrected chi connectivity index (χ4v) is 14.0. The van der Waals surface area contributed by atoms with Crippen LogP contribution in [0.1, 0.15) is 132 Å². The van der Waals surface area contributed by atoms with Gasteiger partial charge in [0.05, 0.1) is 52.9 Å². The summed E-state index contributed by atoms with van der Waals surface area (Å²) in [6, 6.07) is 40.9. The van der Waals surface area contributed by atoms with Gasteiger partial charge in [0.25, 0.3) is 5.97 Å². The van der Waals surface area contributed by atoms with Crippen molar-refractivity contribution in [3.8, 4) is 0 Å². The molecule has 82 heavy (non-hydrogen) atoms. The quantitative estimate of drug-likeness (QED) is 0.0223. The van der Waals surface area contributed by atoms with E-state index in [-0.39, 0.29) is 11.6 Å². The van der Waals surface area contributed by atoms with Gasteiger partial charge in [-0.2, -0.15) is 0 Å². The van der Waals surface area contributed by atoms with Gasteiger partial charge >= 0.3 is 5.97 Å². The highest BCUT2D eigenvalue weighted by Gasteiger charge is 2.25. The summed E-state index contributed by atoms with van der Waals surface area (Å²) in [4.78, 5) is 56.2. The average molecular weight is 1130 g/mol. The van der Waals surface area contributed by atoms with Crippen molar-refractivity contribution in [2.75, 3.05) is 26.4 Å². The van der Waals surface area contributed by atoms with E-state index in [0.29, 0.717) is 84.4 Å². The standard InChI is InChI=1S/C66H64N4O6S2.C2H4O2/c1-42(71)76-68-58(27-23-44-14-4-5-15-44)46-25-29-60-52(39-46)54-41-56(66(73)62-21-11-37-78-62)48-17-7-9-19-50(48)64(54)70(60)31-33-75-35-34-74-32-30-69-59-28-24-45(57(67)26-22-43-12-2-3-13-43)38-51(59)53-40-55(65(72)61-20-10-36-77-61)47-16-6-8-18-49(47)63(53)69;1-2(3)4/h6-11,16-21,24-25,28-29,36-41,43-44,67H,2-5,12-15,22-23,26-27,30-35H2,1H3;1H3,(H,3,4)/b67-57?,68-58+;. The Morgan fingerprint density at radius 2 is 1.00 bits per heavy atom. The third kappa shape index (κ3) is 12.1. The van der Waals surface area contributed by atoms with Gasteiger partial charge in [-0.1, -0.05) is 129 Å². The Morgan fingerprint density at radius 1 is 0.549 bits per heavy atom. The van der Waals surface area contributed by atoms with Crippen molar-refractivity contribution in [1.82, 2.24) is 9.13 Å². The van der Waals surface area contributed by atoms with Crippen LogP contribution in [0.4, 0.5) is 0 Å². The topological polar surface area (TPSA) is 162 Å². The number of aromatic nitrogens is 2. The van der Waals surface area contributed by atoms with Crippen molar-refractivity contribution < 1.29 is 38.6 Å². The number of oxime groups is 1. The third-order valence-electron chi connectivity index (χ3n) is 16.5. The summed E-state index contributed by atoms with van der Waals surface area (Å²) in [7, 11) is 0. The summed E-state index contributed by atoms with van der Waals surface area (Å²) in [5.74, 6) is 0.0793.